The second-order valence-corrected chi connectivity index (χ2v) is 6.85. The molecule has 4 rings (SSSR count). The van der Waals surface area contributed by atoms with E-state index in [1.165, 1.54) is 0 Å². The quantitative estimate of drug-likeness (QED) is 0.472. The first kappa shape index (κ1) is 19.1. The molecule has 3 heteroatoms. The number of hydrogen-bond donors (Lipinski definition) is 2. The molecule has 0 aliphatic rings. The SMILES string of the molecule is OC(OC(O)(c1ccccc1)c1ccccc1)(c1ccccc1)c1ccccc1. The lowest BCUT2D eigenvalue weighted by molar-refractivity contribution is -0.312. The van der Waals surface area contributed by atoms with Gasteiger partial charge in [-0.3, -0.25) is 0 Å². The first-order valence-corrected chi connectivity index (χ1v) is 9.50. The molecule has 0 heterocycles. The van der Waals surface area contributed by atoms with Crippen LogP contribution in [-0.2, 0) is 16.3 Å². The predicted octanol–water partition coefficient (Wildman–Crippen LogP) is 4.79. The third-order valence-corrected chi connectivity index (χ3v) is 4.96. The number of rotatable bonds is 6. The summed E-state index contributed by atoms with van der Waals surface area (Å²) in [6.07, 6.45) is 0. The predicted molar refractivity (Wildman–Crippen MR) is 113 cm³/mol. The molecule has 4 aromatic rings. The molecule has 0 amide bonds. The zero-order valence-electron chi connectivity index (χ0n) is 15.8. The van der Waals surface area contributed by atoms with Crippen LogP contribution in [0.1, 0.15) is 22.3 Å². The summed E-state index contributed by atoms with van der Waals surface area (Å²) in [5.74, 6) is -3.74. The Morgan fingerprint density at radius 3 is 0.793 bits per heavy atom. The van der Waals surface area contributed by atoms with Gasteiger partial charge >= 0.3 is 0 Å². The lowest BCUT2D eigenvalue weighted by Gasteiger charge is -2.39. The highest BCUT2D eigenvalue weighted by atomic mass is 16.7. The van der Waals surface area contributed by atoms with Crippen molar-refractivity contribution in [3.8, 4) is 0 Å². The van der Waals surface area contributed by atoms with Crippen LogP contribution in [0, 0.1) is 0 Å². The van der Waals surface area contributed by atoms with Crippen LogP contribution in [0.4, 0.5) is 0 Å². The van der Waals surface area contributed by atoms with Crippen molar-refractivity contribution in [2.24, 2.45) is 0 Å². The van der Waals surface area contributed by atoms with E-state index in [0.717, 1.165) is 0 Å². The molecule has 0 bridgehead atoms. The Bertz CT molecular complexity index is 866. The van der Waals surface area contributed by atoms with Crippen molar-refractivity contribution in [2.75, 3.05) is 0 Å². The Morgan fingerprint density at radius 1 is 0.379 bits per heavy atom. The summed E-state index contributed by atoms with van der Waals surface area (Å²) in [5.41, 5.74) is 2.10. The van der Waals surface area contributed by atoms with Crippen LogP contribution in [0.2, 0.25) is 0 Å². The van der Waals surface area contributed by atoms with E-state index in [4.69, 9.17) is 4.74 Å². The summed E-state index contributed by atoms with van der Waals surface area (Å²) < 4.78 is 6.28. The van der Waals surface area contributed by atoms with Gasteiger partial charge in [0.1, 0.15) is 0 Å². The average Bonchev–Trinajstić information content (AvgIpc) is 2.81. The molecular weight excluding hydrogens is 360 g/mol. The van der Waals surface area contributed by atoms with Crippen LogP contribution in [0.25, 0.3) is 0 Å². The van der Waals surface area contributed by atoms with Crippen LogP contribution in [-0.4, -0.2) is 10.2 Å². The van der Waals surface area contributed by atoms with Gasteiger partial charge in [0, 0.05) is 22.3 Å². The van der Waals surface area contributed by atoms with Crippen molar-refractivity contribution in [3.05, 3.63) is 144 Å². The molecular formula is C26H22O3. The Morgan fingerprint density at radius 2 is 0.586 bits per heavy atom. The largest absolute Gasteiger partial charge is 0.358 e. The van der Waals surface area contributed by atoms with Gasteiger partial charge in [-0.25, -0.2) is 0 Å². The van der Waals surface area contributed by atoms with E-state index in [1.54, 1.807) is 48.5 Å². The standard InChI is InChI=1S/C26H22O3/c27-25(21-13-5-1-6-14-21,22-15-7-2-8-16-22)29-26(28,23-17-9-3-10-18-23)24-19-11-4-12-20-24/h1-20,27-28H. The van der Waals surface area contributed by atoms with Crippen molar-refractivity contribution < 1.29 is 14.9 Å². The van der Waals surface area contributed by atoms with E-state index in [-0.39, 0.29) is 0 Å². The first-order chi connectivity index (χ1) is 14.1. The molecule has 0 fully saturated rings. The molecule has 3 nitrogen and oxygen atoms in total. The minimum atomic E-state index is -1.87. The summed E-state index contributed by atoms with van der Waals surface area (Å²) in [6, 6.07) is 36.4. The van der Waals surface area contributed by atoms with E-state index < -0.39 is 11.6 Å². The molecule has 0 unspecified atom stereocenters. The summed E-state index contributed by atoms with van der Waals surface area (Å²) in [7, 11) is 0. The Kier molecular flexibility index (Phi) is 5.28. The maximum Gasteiger partial charge on any atom is 0.223 e. The number of ether oxygens (including phenoxy) is 1. The summed E-state index contributed by atoms with van der Waals surface area (Å²) >= 11 is 0. The van der Waals surface area contributed by atoms with Crippen LogP contribution >= 0.6 is 0 Å². The molecule has 2 N–H and O–H groups in total. The molecule has 0 radical (unpaired) electrons. The lowest BCUT2D eigenvalue weighted by Crippen LogP contribution is -2.42. The molecule has 0 atom stereocenters. The zero-order chi connectivity index (χ0) is 20.2. The Balaban J connectivity index is 1.91. The van der Waals surface area contributed by atoms with Crippen molar-refractivity contribution in [2.45, 2.75) is 11.6 Å². The van der Waals surface area contributed by atoms with E-state index in [9.17, 15) is 10.2 Å². The zero-order valence-corrected chi connectivity index (χ0v) is 15.8. The second-order valence-electron chi connectivity index (χ2n) is 6.85. The fourth-order valence-corrected chi connectivity index (χ4v) is 3.44. The fraction of sp³-hybridized carbons (Fsp3) is 0.0769. The molecule has 0 saturated heterocycles. The van der Waals surface area contributed by atoms with Gasteiger partial charge < -0.3 is 14.9 Å². The minimum Gasteiger partial charge on any atom is -0.358 e. The molecule has 144 valence electrons. The van der Waals surface area contributed by atoms with E-state index in [0.29, 0.717) is 22.3 Å². The summed E-state index contributed by atoms with van der Waals surface area (Å²) in [5, 5.41) is 23.7. The van der Waals surface area contributed by atoms with Gasteiger partial charge in [-0.2, -0.15) is 0 Å². The summed E-state index contributed by atoms with van der Waals surface area (Å²) in [6.45, 7) is 0. The molecule has 0 spiro atoms. The summed E-state index contributed by atoms with van der Waals surface area (Å²) in [4.78, 5) is 0. The van der Waals surface area contributed by atoms with E-state index in [1.807, 2.05) is 72.8 Å². The van der Waals surface area contributed by atoms with E-state index >= 15 is 0 Å². The monoisotopic (exact) mass is 382 g/mol. The van der Waals surface area contributed by atoms with Gasteiger partial charge in [0.2, 0.25) is 11.6 Å². The van der Waals surface area contributed by atoms with Gasteiger partial charge in [-0.15, -0.1) is 0 Å². The third kappa shape index (κ3) is 3.71. The van der Waals surface area contributed by atoms with Gasteiger partial charge in [0.25, 0.3) is 0 Å². The third-order valence-electron chi connectivity index (χ3n) is 4.96. The smallest absolute Gasteiger partial charge is 0.223 e. The van der Waals surface area contributed by atoms with Gasteiger partial charge in [-0.05, 0) is 0 Å². The Hall–Kier alpha value is -3.24. The van der Waals surface area contributed by atoms with Crippen molar-refractivity contribution in [1.29, 1.82) is 0 Å². The number of hydrogen-bond acceptors (Lipinski definition) is 3. The van der Waals surface area contributed by atoms with Crippen LogP contribution in [0.15, 0.2) is 121 Å². The second kappa shape index (κ2) is 8.02. The maximum absolute atomic E-state index is 11.8. The van der Waals surface area contributed by atoms with Crippen molar-refractivity contribution >= 4 is 0 Å². The highest BCUT2D eigenvalue weighted by Gasteiger charge is 2.44. The highest BCUT2D eigenvalue weighted by Crippen LogP contribution is 2.41. The van der Waals surface area contributed by atoms with Gasteiger partial charge in [0.15, 0.2) is 0 Å². The van der Waals surface area contributed by atoms with Crippen LogP contribution in [0.3, 0.4) is 0 Å². The van der Waals surface area contributed by atoms with Gasteiger partial charge in [0.05, 0.1) is 0 Å². The van der Waals surface area contributed by atoms with Crippen LogP contribution in [0.5, 0.6) is 0 Å². The molecule has 0 aromatic heterocycles. The van der Waals surface area contributed by atoms with Gasteiger partial charge in [-0.1, -0.05) is 121 Å². The molecule has 4 aromatic carbocycles. The topological polar surface area (TPSA) is 49.7 Å². The highest BCUT2D eigenvalue weighted by molar-refractivity contribution is 5.37. The minimum absolute atomic E-state index is 0.525. The maximum atomic E-state index is 11.8. The number of benzene rings is 4. The van der Waals surface area contributed by atoms with Crippen molar-refractivity contribution in [3.63, 3.8) is 0 Å². The van der Waals surface area contributed by atoms with Crippen LogP contribution < -0.4 is 0 Å². The molecule has 29 heavy (non-hydrogen) atoms. The number of aliphatic hydroxyl groups is 2. The lowest BCUT2D eigenvalue weighted by atomic mass is 9.93. The average molecular weight is 382 g/mol. The fourth-order valence-electron chi connectivity index (χ4n) is 3.44. The molecule has 0 saturated carbocycles. The Labute approximate surface area is 170 Å². The molecule has 0 aliphatic carbocycles. The first-order valence-electron chi connectivity index (χ1n) is 9.50. The van der Waals surface area contributed by atoms with Crippen molar-refractivity contribution in [1.82, 2.24) is 0 Å². The van der Waals surface area contributed by atoms with E-state index in [2.05, 4.69) is 0 Å². The normalized spacial score (nSPS) is 11.9. The molecule has 0 aliphatic heterocycles.